The van der Waals surface area contributed by atoms with Gasteiger partial charge in [-0.25, -0.2) is 4.39 Å². The number of nitrogens with zero attached hydrogens (tertiary/aromatic N) is 2. The minimum Gasteiger partial charge on any atom is -0.368 e. The van der Waals surface area contributed by atoms with Gasteiger partial charge in [-0.3, -0.25) is 9.59 Å². The van der Waals surface area contributed by atoms with Crippen molar-refractivity contribution in [3.8, 4) is 0 Å². The van der Waals surface area contributed by atoms with E-state index in [2.05, 4.69) is 10.2 Å². The first-order valence-corrected chi connectivity index (χ1v) is 10.2. The van der Waals surface area contributed by atoms with Crippen LogP contribution in [0.15, 0.2) is 48.5 Å². The molecule has 1 saturated carbocycles. The number of amides is 2. The lowest BCUT2D eigenvalue weighted by atomic mass is 10.1. The van der Waals surface area contributed by atoms with Crippen LogP contribution in [-0.4, -0.2) is 49.4 Å². The Morgan fingerprint density at radius 3 is 2.31 bits per heavy atom. The first-order valence-electron chi connectivity index (χ1n) is 9.83. The van der Waals surface area contributed by atoms with E-state index in [1.165, 1.54) is 12.1 Å². The second kappa shape index (κ2) is 8.41. The summed E-state index contributed by atoms with van der Waals surface area (Å²) < 4.78 is 13.0. The summed E-state index contributed by atoms with van der Waals surface area (Å²) in [5.74, 6) is -0.457. The van der Waals surface area contributed by atoms with Crippen LogP contribution in [0.4, 0.5) is 10.1 Å². The molecule has 1 aliphatic heterocycles. The molecule has 2 aromatic carbocycles. The Morgan fingerprint density at radius 1 is 1.00 bits per heavy atom. The zero-order valence-electron chi connectivity index (χ0n) is 16.0. The van der Waals surface area contributed by atoms with Gasteiger partial charge in [0, 0.05) is 42.8 Å². The molecule has 2 atom stereocenters. The number of hydrogen-bond acceptors (Lipinski definition) is 3. The van der Waals surface area contributed by atoms with E-state index >= 15 is 0 Å². The molecule has 29 heavy (non-hydrogen) atoms. The van der Waals surface area contributed by atoms with Crippen LogP contribution in [0.5, 0.6) is 0 Å². The van der Waals surface area contributed by atoms with Gasteiger partial charge < -0.3 is 15.1 Å². The second-order valence-electron chi connectivity index (χ2n) is 7.56. The molecule has 0 spiro atoms. The highest BCUT2D eigenvalue weighted by molar-refractivity contribution is 6.30. The molecular weight excluding hydrogens is 393 g/mol. The molecule has 152 valence electrons. The van der Waals surface area contributed by atoms with E-state index in [1.807, 2.05) is 24.3 Å². The topological polar surface area (TPSA) is 52.7 Å². The van der Waals surface area contributed by atoms with E-state index in [0.29, 0.717) is 18.1 Å². The molecule has 7 heteroatoms. The standard InChI is InChI=1S/C22H23ClFN3O2/c23-16-3-7-18(8-4-16)26-9-11-27(12-10-26)21(28)14-25-22(29)20-13-19(20)15-1-5-17(24)6-2-15/h1-8,19-20H,9-14H2,(H,25,29). The van der Waals surface area contributed by atoms with Crippen molar-refractivity contribution >= 4 is 29.1 Å². The molecule has 0 aromatic heterocycles. The molecule has 2 amide bonds. The van der Waals surface area contributed by atoms with Crippen molar-refractivity contribution < 1.29 is 14.0 Å². The quantitative estimate of drug-likeness (QED) is 0.816. The van der Waals surface area contributed by atoms with Gasteiger partial charge in [0.25, 0.3) is 0 Å². The minimum atomic E-state index is -0.280. The molecule has 5 nitrogen and oxygen atoms in total. The molecule has 2 fully saturated rings. The number of anilines is 1. The van der Waals surface area contributed by atoms with Crippen molar-refractivity contribution in [1.82, 2.24) is 10.2 Å². The minimum absolute atomic E-state index is 0.0203. The second-order valence-corrected chi connectivity index (χ2v) is 8.00. The Morgan fingerprint density at radius 2 is 1.66 bits per heavy atom. The molecular formula is C22H23ClFN3O2. The van der Waals surface area contributed by atoms with Crippen LogP contribution < -0.4 is 10.2 Å². The monoisotopic (exact) mass is 415 g/mol. The highest BCUT2D eigenvalue weighted by Gasteiger charge is 2.43. The third kappa shape index (κ3) is 4.70. The number of piperazine rings is 1. The first kappa shape index (κ1) is 19.7. The van der Waals surface area contributed by atoms with Crippen LogP contribution in [0, 0.1) is 11.7 Å². The Balaban J connectivity index is 1.21. The van der Waals surface area contributed by atoms with Crippen molar-refractivity contribution in [2.45, 2.75) is 12.3 Å². The lowest BCUT2D eigenvalue weighted by molar-refractivity contribution is -0.133. The Labute approximate surface area is 174 Å². The van der Waals surface area contributed by atoms with E-state index < -0.39 is 0 Å². The Bertz CT molecular complexity index is 880. The predicted molar refractivity (Wildman–Crippen MR) is 111 cm³/mol. The van der Waals surface area contributed by atoms with Gasteiger partial charge in [0.1, 0.15) is 5.82 Å². The molecule has 1 saturated heterocycles. The average Bonchev–Trinajstić information content (AvgIpc) is 3.54. The highest BCUT2D eigenvalue weighted by Crippen LogP contribution is 2.47. The summed E-state index contributed by atoms with van der Waals surface area (Å²) >= 11 is 5.93. The van der Waals surface area contributed by atoms with Crippen molar-refractivity contribution in [1.29, 1.82) is 0 Å². The molecule has 0 bridgehead atoms. The predicted octanol–water partition coefficient (Wildman–Crippen LogP) is 3.05. The maximum atomic E-state index is 13.0. The van der Waals surface area contributed by atoms with E-state index in [1.54, 1.807) is 17.0 Å². The molecule has 1 N–H and O–H groups in total. The van der Waals surface area contributed by atoms with Crippen molar-refractivity contribution in [2.24, 2.45) is 5.92 Å². The van der Waals surface area contributed by atoms with Crippen LogP contribution in [0.1, 0.15) is 17.9 Å². The number of rotatable bonds is 5. The van der Waals surface area contributed by atoms with Gasteiger partial charge >= 0.3 is 0 Å². The Hall–Kier alpha value is -2.60. The summed E-state index contributed by atoms with van der Waals surface area (Å²) in [6, 6.07) is 13.9. The van der Waals surface area contributed by atoms with Gasteiger partial charge in [0.05, 0.1) is 6.54 Å². The van der Waals surface area contributed by atoms with Gasteiger partial charge in [-0.2, -0.15) is 0 Å². The first-order chi connectivity index (χ1) is 14.0. The molecule has 0 radical (unpaired) electrons. The van der Waals surface area contributed by atoms with E-state index in [-0.39, 0.29) is 36.0 Å². The number of carbonyl (C=O) groups excluding carboxylic acids is 2. The maximum absolute atomic E-state index is 13.0. The fourth-order valence-corrected chi connectivity index (χ4v) is 3.96. The number of halogens is 2. The molecule has 4 rings (SSSR count). The summed E-state index contributed by atoms with van der Waals surface area (Å²) in [7, 11) is 0. The number of nitrogens with one attached hydrogen (secondary N) is 1. The number of hydrogen-bond donors (Lipinski definition) is 1. The summed E-state index contributed by atoms with van der Waals surface area (Å²) in [4.78, 5) is 28.8. The normalized spacial score (nSPS) is 21.0. The third-order valence-corrected chi connectivity index (χ3v) is 5.92. The molecule has 1 heterocycles. The van der Waals surface area contributed by atoms with Gasteiger partial charge in [-0.05, 0) is 54.3 Å². The van der Waals surface area contributed by atoms with Crippen LogP contribution in [0.3, 0.4) is 0 Å². The lowest BCUT2D eigenvalue weighted by Gasteiger charge is -2.36. The lowest BCUT2D eigenvalue weighted by Crippen LogP contribution is -2.51. The van der Waals surface area contributed by atoms with Crippen LogP contribution >= 0.6 is 11.6 Å². The fourth-order valence-electron chi connectivity index (χ4n) is 3.83. The molecule has 2 aliphatic rings. The van der Waals surface area contributed by atoms with Crippen LogP contribution in [0.25, 0.3) is 0 Å². The van der Waals surface area contributed by atoms with Gasteiger partial charge in [-0.15, -0.1) is 0 Å². The zero-order valence-corrected chi connectivity index (χ0v) is 16.7. The highest BCUT2D eigenvalue weighted by atomic mass is 35.5. The smallest absolute Gasteiger partial charge is 0.242 e. The fraction of sp³-hybridized carbons (Fsp3) is 0.364. The molecule has 2 aromatic rings. The zero-order chi connectivity index (χ0) is 20.4. The number of carbonyl (C=O) groups is 2. The summed E-state index contributed by atoms with van der Waals surface area (Å²) in [6.45, 7) is 2.76. The molecule has 2 unspecified atom stereocenters. The van der Waals surface area contributed by atoms with Crippen LogP contribution in [-0.2, 0) is 9.59 Å². The summed E-state index contributed by atoms with van der Waals surface area (Å²) in [6.07, 6.45) is 0.741. The van der Waals surface area contributed by atoms with Crippen molar-refractivity contribution in [3.05, 3.63) is 64.9 Å². The molecule has 1 aliphatic carbocycles. The summed E-state index contributed by atoms with van der Waals surface area (Å²) in [5, 5.41) is 3.47. The van der Waals surface area contributed by atoms with Gasteiger partial charge in [0.2, 0.25) is 11.8 Å². The van der Waals surface area contributed by atoms with Gasteiger partial charge in [0.15, 0.2) is 0 Å². The maximum Gasteiger partial charge on any atom is 0.242 e. The van der Waals surface area contributed by atoms with E-state index in [9.17, 15) is 14.0 Å². The van der Waals surface area contributed by atoms with E-state index in [0.717, 1.165) is 30.8 Å². The van der Waals surface area contributed by atoms with Gasteiger partial charge in [-0.1, -0.05) is 23.7 Å². The Kier molecular flexibility index (Phi) is 5.72. The largest absolute Gasteiger partial charge is 0.368 e. The number of benzene rings is 2. The third-order valence-electron chi connectivity index (χ3n) is 5.66. The summed E-state index contributed by atoms with van der Waals surface area (Å²) in [5.41, 5.74) is 2.06. The van der Waals surface area contributed by atoms with Crippen molar-refractivity contribution in [3.63, 3.8) is 0 Å². The average molecular weight is 416 g/mol. The van der Waals surface area contributed by atoms with Crippen molar-refractivity contribution in [2.75, 3.05) is 37.6 Å². The SMILES string of the molecule is O=C(NCC(=O)N1CCN(c2ccc(Cl)cc2)CC1)C1CC1c1ccc(F)cc1. The van der Waals surface area contributed by atoms with E-state index in [4.69, 9.17) is 11.6 Å². The van der Waals surface area contributed by atoms with Crippen LogP contribution in [0.2, 0.25) is 5.02 Å².